The van der Waals surface area contributed by atoms with Crippen LogP contribution >= 0.6 is 0 Å². The van der Waals surface area contributed by atoms with Gasteiger partial charge in [-0.3, -0.25) is 4.79 Å². The molecule has 0 rings (SSSR count). The Morgan fingerprint density at radius 2 is 1.88 bits per heavy atom. The first-order valence-corrected chi connectivity index (χ1v) is 6.17. The molecule has 0 fully saturated rings. The Labute approximate surface area is 99.2 Å². The van der Waals surface area contributed by atoms with E-state index in [4.69, 9.17) is 5.26 Å². The summed E-state index contributed by atoms with van der Waals surface area (Å²) in [6.45, 7) is 9.83. The Hall–Kier alpha value is -1.04. The summed E-state index contributed by atoms with van der Waals surface area (Å²) in [6.07, 6.45) is 2.64. The molecule has 0 aliphatic heterocycles. The van der Waals surface area contributed by atoms with Crippen LogP contribution in [-0.2, 0) is 4.79 Å². The van der Waals surface area contributed by atoms with Crippen LogP contribution < -0.4 is 5.32 Å². The third kappa shape index (κ3) is 3.52. The zero-order valence-electron chi connectivity index (χ0n) is 11.1. The van der Waals surface area contributed by atoms with Gasteiger partial charge in [-0.15, -0.1) is 0 Å². The molecule has 0 saturated heterocycles. The van der Waals surface area contributed by atoms with Gasteiger partial charge in [0.05, 0.1) is 6.07 Å². The third-order valence-electron chi connectivity index (χ3n) is 3.57. The fourth-order valence-electron chi connectivity index (χ4n) is 1.77. The lowest BCUT2D eigenvalue weighted by Gasteiger charge is -2.26. The van der Waals surface area contributed by atoms with Crippen molar-refractivity contribution in [1.29, 1.82) is 5.26 Å². The number of hydrogen-bond acceptors (Lipinski definition) is 2. The van der Waals surface area contributed by atoms with Crippen molar-refractivity contribution in [2.24, 2.45) is 11.3 Å². The van der Waals surface area contributed by atoms with Crippen molar-refractivity contribution in [3.63, 3.8) is 0 Å². The lowest BCUT2D eigenvalue weighted by molar-refractivity contribution is -0.128. The average Bonchev–Trinajstić information content (AvgIpc) is 2.29. The second-order valence-corrected chi connectivity index (χ2v) is 4.64. The van der Waals surface area contributed by atoms with Gasteiger partial charge in [0.15, 0.2) is 0 Å². The molecule has 92 valence electrons. The van der Waals surface area contributed by atoms with Crippen LogP contribution in [0.25, 0.3) is 0 Å². The van der Waals surface area contributed by atoms with Gasteiger partial charge in [-0.25, -0.2) is 0 Å². The number of amides is 1. The lowest BCUT2D eigenvalue weighted by atomic mass is 9.87. The maximum Gasteiger partial charge on any atom is 0.240 e. The van der Waals surface area contributed by atoms with E-state index in [-0.39, 0.29) is 11.9 Å². The highest BCUT2D eigenvalue weighted by molar-refractivity contribution is 5.85. The molecule has 0 aromatic heterocycles. The van der Waals surface area contributed by atoms with Crippen LogP contribution in [0.15, 0.2) is 0 Å². The summed E-state index contributed by atoms with van der Waals surface area (Å²) in [5.74, 6) is 0.348. The Bertz CT molecular complexity index is 266. The topological polar surface area (TPSA) is 52.9 Å². The van der Waals surface area contributed by atoms with E-state index >= 15 is 0 Å². The predicted octanol–water partition coefficient (Wildman–Crippen LogP) is 2.87. The number of nitrogens with zero attached hydrogens (tertiary/aromatic N) is 1. The minimum Gasteiger partial charge on any atom is -0.352 e. The van der Waals surface area contributed by atoms with Crippen molar-refractivity contribution in [3.05, 3.63) is 0 Å². The van der Waals surface area contributed by atoms with Gasteiger partial charge >= 0.3 is 0 Å². The lowest BCUT2D eigenvalue weighted by Crippen LogP contribution is -2.45. The summed E-state index contributed by atoms with van der Waals surface area (Å²) in [6, 6.07) is 2.24. The van der Waals surface area contributed by atoms with Gasteiger partial charge in [0.25, 0.3) is 0 Å². The number of hydrogen-bond donors (Lipinski definition) is 1. The number of carbonyl (C=O) groups is 1. The van der Waals surface area contributed by atoms with Gasteiger partial charge in [0.1, 0.15) is 5.41 Å². The van der Waals surface area contributed by atoms with Crippen molar-refractivity contribution in [1.82, 2.24) is 5.32 Å². The van der Waals surface area contributed by atoms with E-state index in [1.54, 1.807) is 6.92 Å². The third-order valence-corrected chi connectivity index (χ3v) is 3.57. The van der Waals surface area contributed by atoms with Crippen LogP contribution in [0.3, 0.4) is 0 Å². The largest absolute Gasteiger partial charge is 0.352 e. The number of carbonyl (C=O) groups excluding carboxylic acids is 1. The van der Waals surface area contributed by atoms with Gasteiger partial charge in [-0.2, -0.15) is 5.26 Å². The SMILES string of the molecule is CCC(CC)C(C)NC(=O)C(C)(C#N)CC. The molecule has 16 heavy (non-hydrogen) atoms. The van der Waals surface area contributed by atoms with Gasteiger partial charge in [-0.1, -0.05) is 33.6 Å². The molecule has 0 spiro atoms. The highest BCUT2D eigenvalue weighted by atomic mass is 16.2. The number of nitrogens with one attached hydrogen (secondary N) is 1. The van der Waals surface area contributed by atoms with Gasteiger partial charge in [-0.05, 0) is 26.2 Å². The van der Waals surface area contributed by atoms with Gasteiger partial charge in [0.2, 0.25) is 5.91 Å². The molecule has 0 saturated carbocycles. The van der Waals surface area contributed by atoms with E-state index in [0.29, 0.717) is 12.3 Å². The molecule has 0 heterocycles. The maximum atomic E-state index is 11.9. The summed E-state index contributed by atoms with van der Waals surface area (Å²) in [5.41, 5.74) is -0.889. The first-order valence-electron chi connectivity index (χ1n) is 6.17. The summed E-state index contributed by atoms with van der Waals surface area (Å²) < 4.78 is 0. The Balaban J connectivity index is 4.51. The van der Waals surface area contributed by atoms with Crippen molar-refractivity contribution >= 4 is 5.91 Å². The second-order valence-electron chi connectivity index (χ2n) is 4.64. The van der Waals surface area contributed by atoms with E-state index in [0.717, 1.165) is 12.8 Å². The second kappa shape index (κ2) is 6.52. The Morgan fingerprint density at radius 3 is 2.19 bits per heavy atom. The highest BCUT2D eigenvalue weighted by Crippen LogP contribution is 2.21. The molecule has 0 aromatic rings. The maximum absolute atomic E-state index is 11.9. The van der Waals surface area contributed by atoms with Crippen LogP contribution in [0.2, 0.25) is 0 Å². The molecule has 0 bridgehead atoms. The van der Waals surface area contributed by atoms with Gasteiger partial charge < -0.3 is 5.32 Å². The first kappa shape index (κ1) is 15.0. The van der Waals surface area contributed by atoms with E-state index in [9.17, 15) is 4.79 Å². The quantitative estimate of drug-likeness (QED) is 0.754. The smallest absolute Gasteiger partial charge is 0.240 e. The fourth-order valence-corrected chi connectivity index (χ4v) is 1.77. The molecular formula is C13H24N2O. The van der Waals surface area contributed by atoms with Crippen molar-refractivity contribution in [2.45, 2.75) is 59.9 Å². The monoisotopic (exact) mass is 224 g/mol. The minimum atomic E-state index is -0.889. The summed E-state index contributed by atoms with van der Waals surface area (Å²) in [7, 11) is 0. The predicted molar refractivity (Wildman–Crippen MR) is 65.7 cm³/mol. The van der Waals surface area contributed by atoms with Crippen LogP contribution in [0, 0.1) is 22.7 Å². The molecule has 3 heteroatoms. The van der Waals surface area contributed by atoms with Gasteiger partial charge in [0, 0.05) is 6.04 Å². The molecule has 0 aliphatic rings. The standard InChI is InChI=1S/C13H24N2O/c1-6-11(7-2)10(4)15-12(16)13(5,8-3)9-14/h10-11H,6-8H2,1-5H3,(H,15,16). The zero-order valence-corrected chi connectivity index (χ0v) is 11.1. The Kier molecular flexibility index (Phi) is 6.10. The van der Waals surface area contributed by atoms with Crippen LogP contribution in [0.4, 0.5) is 0 Å². The van der Waals surface area contributed by atoms with E-state index in [1.165, 1.54) is 0 Å². The molecule has 0 aromatic carbocycles. The minimum absolute atomic E-state index is 0.140. The molecule has 2 unspecified atom stereocenters. The summed E-state index contributed by atoms with van der Waals surface area (Å²) in [5, 5.41) is 12.0. The number of nitriles is 1. The molecule has 1 amide bonds. The molecule has 0 radical (unpaired) electrons. The van der Waals surface area contributed by atoms with E-state index < -0.39 is 5.41 Å². The highest BCUT2D eigenvalue weighted by Gasteiger charge is 2.32. The Morgan fingerprint density at radius 1 is 1.38 bits per heavy atom. The number of rotatable bonds is 6. The summed E-state index contributed by atoms with van der Waals surface area (Å²) in [4.78, 5) is 11.9. The fraction of sp³-hybridized carbons (Fsp3) is 0.846. The van der Waals surface area contributed by atoms with Crippen molar-refractivity contribution in [2.75, 3.05) is 0 Å². The van der Waals surface area contributed by atoms with Crippen molar-refractivity contribution in [3.8, 4) is 6.07 Å². The molecule has 1 N–H and O–H groups in total. The molecule has 2 atom stereocenters. The molecular weight excluding hydrogens is 200 g/mol. The van der Waals surface area contributed by atoms with Crippen LogP contribution in [-0.4, -0.2) is 11.9 Å². The summed E-state index contributed by atoms with van der Waals surface area (Å²) >= 11 is 0. The molecule has 3 nitrogen and oxygen atoms in total. The van der Waals surface area contributed by atoms with Crippen molar-refractivity contribution < 1.29 is 4.79 Å². The van der Waals surface area contributed by atoms with E-state index in [2.05, 4.69) is 25.2 Å². The van der Waals surface area contributed by atoms with Crippen LogP contribution in [0.5, 0.6) is 0 Å². The molecule has 0 aliphatic carbocycles. The van der Waals surface area contributed by atoms with E-state index in [1.807, 2.05) is 13.8 Å². The zero-order chi connectivity index (χ0) is 12.8. The normalized spacial score (nSPS) is 16.3. The first-order chi connectivity index (χ1) is 7.45. The average molecular weight is 224 g/mol. The van der Waals surface area contributed by atoms with Crippen LogP contribution in [0.1, 0.15) is 53.9 Å².